The Morgan fingerprint density at radius 2 is 1.56 bits per heavy atom. The molecule has 25 heavy (non-hydrogen) atoms. The lowest BCUT2D eigenvalue weighted by Gasteiger charge is -2.36. The zero-order valence-corrected chi connectivity index (χ0v) is 14.2. The number of amides is 3. The van der Waals surface area contributed by atoms with Crippen LogP contribution in [-0.4, -0.2) is 29.9 Å². The van der Waals surface area contributed by atoms with Gasteiger partial charge in [-0.15, -0.1) is 0 Å². The van der Waals surface area contributed by atoms with Gasteiger partial charge in [-0.3, -0.25) is 9.69 Å². The number of benzene rings is 2. The van der Waals surface area contributed by atoms with Gasteiger partial charge in [-0.1, -0.05) is 36.4 Å². The molecule has 5 nitrogen and oxygen atoms in total. The van der Waals surface area contributed by atoms with E-state index in [9.17, 15) is 9.59 Å². The summed E-state index contributed by atoms with van der Waals surface area (Å²) < 4.78 is 0. The standard InChI is InChI=1S/C20H23N3O2/c21-19(24)14-16-8-7-13-22(15-16)20(25)23(17-9-3-1-4-10-17)18-11-5-2-6-12-18/h1-6,9-12,16H,7-8,13-15H2,(H2,21,24). The van der Waals surface area contributed by atoms with E-state index in [4.69, 9.17) is 5.73 Å². The summed E-state index contributed by atoms with van der Waals surface area (Å²) in [6.45, 7) is 1.27. The van der Waals surface area contributed by atoms with Crippen LogP contribution in [0.1, 0.15) is 19.3 Å². The first kappa shape index (κ1) is 17.0. The van der Waals surface area contributed by atoms with E-state index in [1.54, 1.807) is 4.90 Å². The Labute approximate surface area is 148 Å². The molecule has 3 amide bonds. The van der Waals surface area contributed by atoms with E-state index >= 15 is 0 Å². The van der Waals surface area contributed by atoms with Crippen LogP contribution in [0, 0.1) is 5.92 Å². The molecule has 2 aromatic rings. The van der Waals surface area contributed by atoms with Crippen molar-refractivity contribution in [2.45, 2.75) is 19.3 Å². The zero-order valence-electron chi connectivity index (χ0n) is 14.2. The SMILES string of the molecule is NC(=O)CC1CCCN(C(=O)N(c2ccccc2)c2ccccc2)C1. The summed E-state index contributed by atoms with van der Waals surface area (Å²) >= 11 is 0. The molecule has 0 aliphatic carbocycles. The van der Waals surface area contributed by atoms with E-state index in [0.29, 0.717) is 19.5 Å². The fourth-order valence-corrected chi connectivity index (χ4v) is 3.36. The molecule has 5 heteroatoms. The van der Waals surface area contributed by atoms with E-state index in [-0.39, 0.29) is 17.9 Å². The number of carbonyl (C=O) groups is 2. The number of hydrogen-bond donors (Lipinski definition) is 1. The number of primary amides is 1. The zero-order chi connectivity index (χ0) is 17.6. The fraction of sp³-hybridized carbons (Fsp3) is 0.300. The fourth-order valence-electron chi connectivity index (χ4n) is 3.36. The molecule has 1 aliphatic rings. The number of para-hydroxylation sites is 2. The van der Waals surface area contributed by atoms with Gasteiger partial charge in [-0.05, 0) is 43.0 Å². The van der Waals surface area contributed by atoms with Crippen molar-refractivity contribution >= 4 is 23.3 Å². The van der Waals surface area contributed by atoms with Crippen LogP contribution in [0.4, 0.5) is 16.2 Å². The normalized spacial score (nSPS) is 17.1. The average Bonchev–Trinajstić information content (AvgIpc) is 2.63. The van der Waals surface area contributed by atoms with Gasteiger partial charge in [0, 0.05) is 19.5 Å². The Morgan fingerprint density at radius 1 is 1.00 bits per heavy atom. The number of urea groups is 1. The van der Waals surface area contributed by atoms with Crippen LogP contribution in [0.15, 0.2) is 60.7 Å². The second-order valence-corrected chi connectivity index (χ2v) is 6.41. The number of piperidine rings is 1. The maximum absolute atomic E-state index is 13.3. The van der Waals surface area contributed by atoms with Gasteiger partial charge in [0.2, 0.25) is 5.91 Å². The van der Waals surface area contributed by atoms with Crippen LogP contribution in [-0.2, 0) is 4.79 Å². The van der Waals surface area contributed by atoms with Crippen molar-refractivity contribution in [3.8, 4) is 0 Å². The lowest BCUT2D eigenvalue weighted by Crippen LogP contribution is -2.46. The molecule has 0 radical (unpaired) electrons. The van der Waals surface area contributed by atoms with Gasteiger partial charge in [0.05, 0.1) is 11.4 Å². The number of nitrogens with two attached hydrogens (primary N) is 1. The Kier molecular flexibility index (Phi) is 5.33. The van der Waals surface area contributed by atoms with Gasteiger partial charge in [0.15, 0.2) is 0 Å². The van der Waals surface area contributed by atoms with Gasteiger partial charge in [-0.25, -0.2) is 4.79 Å². The summed E-state index contributed by atoms with van der Waals surface area (Å²) in [5.41, 5.74) is 6.99. The first-order chi connectivity index (χ1) is 12.1. The third-order valence-electron chi connectivity index (χ3n) is 4.50. The summed E-state index contributed by atoms with van der Waals surface area (Å²) in [6, 6.07) is 19.2. The minimum absolute atomic E-state index is 0.0634. The maximum atomic E-state index is 13.3. The summed E-state index contributed by atoms with van der Waals surface area (Å²) in [4.78, 5) is 28.1. The predicted molar refractivity (Wildman–Crippen MR) is 98.5 cm³/mol. The van der Waals surface area contributed by atoms with Gasteiger partial charge in [0.1, 0.15) is 0 Å². The highest BCUT2D eigenvalue weighted by molar-refractivity contribution is 5.99. The lowest BCUT2D eigenvalue weighted by atomic mass is 9.95. The molecule has 1 saturated heterocycles. The number of anilines is 2. The molecule has 3 rings (SSSR count). The molecule has 1 atom stereocenters. The molecule has 1 aliphatic heterocycles. The summed E-state index contributed by atoms with van der Waals surface area (Å²) in [7, 11) is 0. The topological polar surface area (TPSA) is 66.6 Å². The van der Waals surface area contributed by atoms with Crippen molar-refractivity contribution < 1.29 is 9.59 Å². The molecule has 0 saturated carbocycles. The van der Waals surface area contributed by atoms with E-state index in [1.807, 2.05) is 65.6 Å². The molecular weight excluding hydrogens is 314 g/mol. The number of rotatable bonds is 4. The molecule has 2 aromatic carbocycles. The quantitative estimate of drug-likeness (QED) is 0.927. The van der Waals surface area contributed by atoms with E-state index < -0.39 is 0 Å². The highest BCUT2D eigenvalue weighted by Crippen LogP contribution is 2.28. The first-order valence-electron chi connectivity index (χ1n) is 8.62. The van der Waals surface area contributed by atoms with Crippen LogP contribution in [0.25, 0.3) is 0 Å². The van der Waals surface area contributed by atoms with Gasteiger partial charge < -0.3 is 10.6 Å². The summed E-state index contributed by atoms with van der Waals surface area (Å²) in [6.07, 6.45) is 2.16. The number of carbonyl (C=O) groups excluding carboxylic acids is 2. The van der Waals surface area contributed by atoms with Crippen molar-refractivity contribution in [1.29, 1.82) is 0 Å². The molecule has 130 valence electrons. The highest BCUT2D eigenvalue weighted by Gasteiger charge is 2.29. The molecule has 0 aromatic heterocycles. The molecular formula is C20H23N3O2. The largest absolute Gasteiger partial charge is 0.370 e. The minimum Gasteiger partial charge on any atom is -0.370 e. The van der Waals surface area contributed by atoms with Crippen molar-refractivity contribution in [3.63, 3.8) is 0 Å². The smallest absolute Gasteiger partial charge is 0.329 e. The van der Waals surface area contributed by atoms with E-state index in [0.717, 1.165) is 24.2 Å². The predicted octanol–water partition coefficient (Wildman–Crippen LogP) is 3.53. The third-order valence-corrected chi connectivity index (χ3v) is 4.50. The molecule has 1 unspecified atom stereocenters. The van der Waals surface area contributed by atoms with Crippen molar-refractivity contribution in [2.24, 2.45) is 11.7 Å². The van der Waals surface area contributed by atoms with E-state index in [2.05, 4.69) is 0 Å². The van der Waals surface area contributed by atoms with Crippen LogP contribution < -0.4 is 10.6 Å². The van der Waals surface area contributed by atoms with Gasteiger partial charge in [-0.2, -0.15) is 0 Å². The summed E-state index contributed by atoms with van der Waals surface area (Å²) in [5, 5.41) is 0. The molecule has 1 fully saturated rings. The van der Waals surface area contributed by atoms with Crippen LogP contribution in [0.2, 0.25) is 0 Å². The number of likely N-dealkylation sites (tertiary alicyclic amines) is 1. The van der Waals surface area contributed by atoms with Crippen molar-refractivity contribution in [3.05, 3.63) is 60.7 Å². The lowest BCUT2D eigenvalue weighted by molar-refractivity contribution is -0.119. The Morgan fingerprint density at radius 3 is 2.08 bits per heavy atom. The van der Waals surface area contributed by atoms with Gasteiger partial charge in [0.25, 0.3) is 0 Å². The van der Waals surface area contributed by atoms with Crippen molar-refractivity contribution in [2.75, 3.05) is 18.0 Å². The summed E-state index contributed by atoms with van der Waals surface area (Å²) in [5.74, 6) is -0.161. The average molecular weight is 337 g/mol. The number of hydrogen-bond acceptors (Lipinski definition) is 2. The Hall–Kier alpha value is -2.82. The highest BCUT2D eigenvalue weighted by atomic mass is 16.2. The van der Waals surface area contributed by atoms with Crippen LogP contribution >= 0.6 is 0 Å². The second kappa shape index (κ2) is 7.83. The first-order valence-corrected chi connectivity index (χ1v) is 8.62. The van der Waals surface area contributed by atoms with E-state index in [1.165, 1.54) is 0 Å². The minimum atomic E-state index is -0.303. The molecule has 2 N–H and O–H groups in total. The monoisotopic (exact) mass is 337 g/mol. The Balaban J connectivity index is 1.86. The molecule has 1 heterocycles. The maximum Gasteiger partial charge on any atom is 0.329 e. The van der Waals surface area contributed by atoms with Gasteiger partial charge >= 0.3 is 6.03 Å². The third kappa shape index (κ3) is 4.18. The van der Waals surface area contributed by atoms with Crippen LogP contribution in [0.3, 0.4) is 0 Å². The number of nitrogens with zero attached hydrogens (tertiary/aromatic N) is 2. The molecule has 0 spiro atoms. The van der Waals surface area contributed by atoms with Crippen molar-refractivity contribution in [1.82, 2.24) is 4.90 Å². The van der Waals surface area contributed by atoms with Crippen LogP contribution in [0.5, 0.6) is 0 Å². The Bertz CT molecular complexity index is 679. The molecule has 0 bridgehead atoms. The second-order valence-electron chi connectivity index (χ2n) is 6.41.